The highest BCUT2D eigenvalue weighted by molar-refractivity contribution is 5.96. The van der Waals surface area contributed by atoms with Gasteiger partial charge in [0.05, 0.1) is 0 Å². The van der Waals surface area contributed by atoms with Crippen LogP contribution in [0.15, 0.2) is 30.3 Å². The summed E-state index contributed by atoms with van der Waals surface area (Å²) in [6.07, 6.45) is 5.12. The van der Waals surface area contributed by atoms with Crippen LogP contribution < -0.4 is 0 Å². The molecular formula is C16H23FO. The number of ketones is 1. The Morgan fingerprint density at radius 2 is 1.78 bits per heavy atom. The van der Waals surface area contributed by atoms with Crippen LogP contribution in [-0.4, -0.2) is 12.0 Å². The average molecular weight is 250 g/mol. The fourth-order valence-electron chi connectivity index (χ4n) is 2.01. The first-order valence-electron chi connectivity index (χ1n) is 6.96. The second kappa shape index (κ2) is 8.84. The van der Waals surface area contributed by atoms with Crippen molar-refractivity contribution in [2.24, 2.45) is 0 Å². The maximum atomic E-state index is 13.6. The highest BCUT2D eigenvalue weighted by Gasteiger charge is 2.13. The summed E-state index contributed by atoms with van der Waals surface area (Å²) in [5.74, 6) is -0.0864. The summed E-state index contributed by atoms with van der Waals surface area (Å²) < 4.78 is 13.6. The van der Waals surface area contributed by atoms with E-state index in [0.717, 1.165) is 12.8 Å². The summed E-state index contributed by atoms with van der Waals surface area (Å²) in [6.45, 7) is 2.16. The van der Waals surface area contributed by atoms with Crippen LogP contribution in [0, 0.1) is 0 Å². The van der Waals surface area contributed by atoms with Crippen molar-refractivity contribution in [3.63, 3.8) is 0 Å². The summed E-state index contributed by atoms with van der Waals surface area (Å²) >= 11 is 0. The molecule has 0 saturated carbocycles. The van der Waals surface area contributed by atoms with Gasteiger partial charge in [-0.3, -0.25) is 4.79 Å². The molecule has 0 radical (unpaired) electrons. The summed E-state index contributed by atoms with van der Waals surface area (Å²) in [5.41, 5.74) is 0.617. The monoisotopic (exact) mass is 250 g/mol. The molecule has 100 valence electrons. The smallest absolute Gasteiger partial charge is 0.165 e. The van der Waals surface area contributed by atoms with Crippen LogP contribution in [0.2, 0.25) is 0 Å². The topological polar surface area (TPSA) is 17.1 Å². The maximum absolute atomic E-state index is 13.6. The summed E-state index contributed by atoms with van der Waals surface area (Å²) in [5, 5.41) is 0. The molecule has 0 aliphatic rings. The van der Waals surface area contributed by atoms with Gasteiger partial charge in [0.15, 0.2) is 5.78 Å². The van der Waals surface area contributed by atoms with E-state index in [1.165, 1.54) is 19.3 Å². The van der Waals surface area contributed by atoms with Crippen LogP contribution >= 0.6 is 0 Å². The summed E-state index contributed by atoms with van der Waals surface area (Å²) in [6, 6.07) is 8.97. The number of halogens is 1. The minimum Gasteiger partial charge on any atom is -0.294 e. The van der Waals surface area contributed by atoms with Gasteiger partial charge in [-0.25, -0.2) is 4.39 Å². The molecule has 18 heavy (non-hydrogen) atoms. The standard InChI is InChI=1S/C16H23FO/c1-2-3-4-5-9-12-15(17)13-16(18)14-10-7-6-8-11-14/h6-8,10-11,15H,2-5,9,12-13H2,1H3. The highest BCUT2D eigenvalue weighted by Crippen LogP contribution is 2.14. The van der Waals surface area contributed by atoms with E-state index in [4.69, 9.17) is 0 Å². The van der Waals surface area contributed by atoms with Crippen molar-refractivity contribution in [3.05, 3.63) is 35.9 Å². The number of benzene rings is 1. The molecule has 1 unspecified atom stereocenters. The molecule has 0 heterocycles. The lowest BCUT2D eigenvalue weighted by Crippen LogP contribution is -2.09. The van der Waals surface area contributed by atoms with Crippen LogP contribution in [0.25, 0.3) is 0 Å². The third-order valence-electron chi connectivity index (χ3n) is 3.12. The molecule has 0 spiro atoms. The quantitative estimate of drug-likeness (QED) is 0.447. The molecule has 0 aliphatic carbocycles. The van der Waals surface area contributed by atoms with Crippen molar-refractivity contribution in [3.8, 4) is 0 Å². The maximum Gasteiger partial charge on any atom is 0.165 e. The molecule has 0 aromatic heterocycles. The van der Waals surface area contributed by atoms with Gasteiger partial charge >= 0.3 is 0 Å². The minimum atomic E-state index is -0.987. The van der Waals surface area contributed by atoms with Gasteiger partial charge in [-0.05, 0) is 6.42 Å². The summed E-state index contributed by atoms with van der Waals surface area (Å²) in [4.78, 5) is 11.8. The molecule has 0 saturated heterocycles. The minimum absolute atomic E-state index is 0.0256. The molecule has 1 rings (SSSR count). The number of hydrogen-bond donors (Lipinski definition) is 0. The molecule has 1 aromatic carbocycles. The molecule has 0 fully saturated rings. The predicted molar refractivity (Wildman–Crippen MR) is 73.7 cm³/mol. The first-order chi connectivity index (χ1) is 8.74. The number of alkyl halides is 1. The van der Waals surface area contributed by atoms with Crippen LogP contribution in [-0.2, 0) is 0 Å². The normalized spacial score (nSPS) is 12.3. The first kappa shape index (κ1) is 14.9. The third kappa shape index (κ3) is 5.95. The van der Waals surface area contributed by atoms with Gasteiger partial charge in [0, 0.05) is 12.0 Å². The van der Waals surface area contributed by atoms with Gasteiger partial charge < -0.3 is 0 Å². The van der Waals surface area contributed by atoms with Gasteiger partial charge in [0.25, 0.3) is 0 Å². The Balaban J connectivity index is 2.20. The van der Waals surface area contributed by atoms with Gasteiger partial charge in [-0.2, -0.15) is 0 Å². The lowest BCUT2D eigenvalue weighted by Gasteiger charge is -2.07. The Kier molecular flexibility index (Phi) is 7.31. The Bertz CT molecular complexity index is 334. The van der Waals surface area contributed by atoms with Gasteiger partial charge in [0.1, 0.15) is 6.17 Å². The third-order valence-corrected chi connectivity index (χ3v) is 3.12. The molecule has 0 bridgehead atoms. The lowest BCUT2D eigenvalue weighted by atomic mass is 10.0. The van der Waals surface area contributed by atoms with Crippen molar-refractivity contribution < 1.29 is 9.18 Å². The molecule has 1 nitrogen and oxygen atoms in total. The Morgan fingerprint density at radius 1 is 1.11 bits per heavy atom. The second-order valence-electron chi connectivity index (χ2n) is 4.79. The van der Waals surface area contributed by atoms with Crippen molar-refractivity contribution in [1.82, 2.24) is 0 Å². The molecule has 1 atom stereocenters. The van der Waals surface area contributed by atoms with Crippen molar-refractivity contribution in [2.45, 2.75) is 58.0 Å². The lowest BCUT2D eigenvalue weighted by molar-refractivity contribution is 0.0942. The van der Waals surface area contributed by atoms with Gasteiger partial charge in [-0.15, -0.1) is 0 Å². The number of Topliss-reactive ketones (excluding diaryl/α,β-unsaturated/α-hetero) is 1. The Morgan fingerprint density at radius 3 is 2.44 bits per heavy atom. The van der Waals surface area contributed by atoms with Gasteiger partial charge in [-0.1, -0.05) is 69.4 Å². The predicted octanol–water partition coefficient (Wildman–Crippen LogP) is 4.96. The summed E-state index contributed by atoms with van der Waals surface area (Å²) in [7, 11) is 0. The Hall–Kier alpha value is -1.18. The fourth-order valence-corrected chi connectivity index (χ4v) is 2.01. The van der Waals surface area contributed by atoms with E-state index < -0.39 is 6.17 Å². The van der Waals surface area contributed by atoms with Crippen LogP contribution in [0.4, 0.5) is 4.39 Å². The van der Waals surface area contributed by atoms with Crippen molar-refractivity contribution in [2.75, 3.05) is 0 Å². The van der Waals surface area contributed by atoms with Crippen molar-refractivity contribution >= 4 is 5.78 Å². The van der Waals surface area contributed by atoms with E-state index in [-0.39, 0.29) is 12.2 Å². The van der Waals surface area contributed by atoms with E-state index in [1.807, 2.05) is 18.2 Å². The fraction of sp³-hybridized carbons (Fsp3) is 0.562. The molecular weight excluding hydrogens is 227 g/mol. The van der Waals surface area contributed by atoms with Crippen LogP contribution in [0.3, 0.4) is 0 Å². The Labute approximate surface area is 109 Å². The second-order valence-corrected chi connectivity index (χ2v) is 4.79. The molecule has 0 aliphatic heterocycles. The zero-order chi connectivity index (χ0) is 13.2. The zero-order valence-electron chi connectivity index (χ0n) is 11.2. The zero-order valence-corrected chi connectivity index (χ0v) is 11.2. The van der Waals surface area contributed by atoms with E-state index in [1.54, 1.807) is 12.1 Å². The molecule has 2 heteroatoms. The van der Waals surface area contributed by atoms with Crippen LogP contribution in [0.1, 0.15) is 62.2 Å². The highest BCUT2D eigenvalue weighted by atomic mass is 19.1. The molecule has 1 aromatic rings. The number of unbranched alkanes of at least 4 members (excludes halogenated alkanes) is 4. The molecule has 0 N–H and O–H groups in total. The average Bonchev–Trinajstić information content (AvgIpc) is 2.39. The van der Waals surface area contributed by atoms with Crippen LogP contribution in [0.5, 0.6) is 0 Å². The number of hydrogen-bond acceptors (Lipinski definition) is 1. The first-order valence-corrected chi connectivity index (χ1v) is 6.96. The number of carbonyl (C=O) groups excluding carboxylic acids is 1. The number of carbonyl (C=O) groups is 1. The largest absolute Gasteiger partial charge is 0.294 e. The number of rotatable bonds is 9. The molecule has 0 amide bonds. The van der Waals surface area contributed by atoms with Gasteiger partial charge in [0.2, 0.25) is 0 Å². The van der Waals surface area contributed by atoms with E-state index >= 15 is 0 Å². The van der Waals surface area contributed by atoms with Crippen molar-refractivity contribution in [1.29, 1.82) is 0 Å². The SMILES string of the molecule is CCCCCCCC(F)CC(=O)c1ccccc1. The van der Waals surface area contributed by atoms with E-state index in [9.17, 15) is 9.18 Å². The van der Waals surface area contributed by atoms with E-state index in [0.29, 0.717) is 12.0 Å². The van der Waals surface area contributed by atoms with E-state index in [2.05, 4.69) is 6.92 Å².